The van der Waals surface area contributed by atoms with Gasteiger partial charge in [-0.3, -0.25) is 9.59 Å². The summed E-state index contributed by atoms with van der Waals surface area (Å²) >= 11 is 6.06. The van der Waals surface area contributed by atoms with Crippen LogP contribution in [0.15, 0.2) is 54.7 Å². The molecular weight excluding hydrogens is 382 g/mol. The lowest BCUT2D eigenvalue weighted by molar-refractivity contribution is -0.149. The summed E-state index contributed by atoms with van der Waals surface area (Å²) in [6.07, 6.45) is 1.93. The number of fused-ring (bicyclic) bond motifs is 1. The molecule has 3 aromatic rings. The number of nitrogens with one attached hydrogen (secondary N) is 2. The van der Waals surface area contributed by atoms with Gasteiger partial charge in [-0.1, -0.05) is 41.9 Å². The van der Waals surface area contributed by atoms with Crippen LogP contribution in [0.3, 0.4) is 0 Å². The van der Waals surface area contributed by atoms with Crippen LogP contribution < -0.4 is 11.1 Å². The van der Waals surface area contributed by atoms with Crippen LogP contribution in [-0.2, 0) is 20.7 Å². The van der Waals surface area contributed by atoms with Crippen molar-refractivity contribution in [2.24, 2.45) is 5.73 Å². The first-order valence-electron chi connectivity index (χ1n) is 8.51. The molecule has 1 heterocycles. The Morgan fingerprint density at radius 1 is 1.11 bits per heavy atom. The second kappa shape index (κ2) is 8.58. The second-order valence-corrected chi connectivity index (χ2v) is 6.55. The average molecular weight is 400 g/mol. The molecule has 8 heteroatoms. The molecule has 0 fully saturated rings. The number of aromatic amines is 1. The number of rotatable bonds is 7. The standard InChI is InChI=1S/C20H18ClN3O4/c21-15-7-3-1-6-14(15)19(26)24-17(20(27)28-11-18(22)25)9-12-10-23-16-8-4-2-5-13(12)16/h1-8,10,17,23H,9,11H2,(H2,22,25)(H,24,26)/t17-/m0/s1. The minimum absolute atomic E-state index is 0.164. The zero-order valence-electron chi connectivity index (χ0n) is 14.8. The number of halogens is 1. The van der Waals surface area contributed by atoms with Crippen molar-refractivity contribution in [2.45, 2.75) is 12.5 Å². The number of H-pyrrole nitrogens is 1. The Morgan fingerprint density at radius 2 is 1.82 bits per heavy atom. The highest BCUT2D eigenvalue weighted by atomic mass is 35.5. The fourth-order valence-electron chi connectivity index (χ4n) is 2.84. The van der Waals surface area contributed by atoms with Crippen molar-refractivity contribution in [2.75, 3.05) is 6.61 Å². The van der Waals surface area contributed by atoms with Gasteiger partial charge in [-0.05, 0) is 23.8 Å². The minimum atomic E-state index is -1.03. The highest BCUT2D eigenvalue weighted by Crippen LogP contribution is 2.20. The highest BCUT2D eigenvalue weighted by molar-refractivity contribution is 6.33. The number of ether oxygens (including phenoxy) is 1. The first-order valence-corrected chi connectivity index (χ1v) is 8.89. The maximum absolute atomic E-state index is 12.6. The summed E-state index contributed by atoms with van der Waals surface area (Å²) in [7, 11) is 0. The van der Waals surface area contributed by atoms with E-state index >= 15 is 0 Å². The normalized spacial score (nSPS) is 11.8. The Labute approximate surface area is 165 Å². The lowest BCUT2D eigenvalue weighted by Crippen LogP contribution is -2.44. The maximum Gasteiger partial charge on any atom is 0.329 e. The van der Waals surface area contributed by atoms with E-state index in [-0.39, 0.29) is 17.0 Å². The number of hydrogen-bond donors (Lipinski definition) is 3. The number of hydrogen-bond acceptors (Lipinski definition) is 4. The number of para-hydroxylation sites is 1. The van der Waals surface area contributed by atoms with E-state index in [2.05, 4.69) is 10.3 Å². The van der Waals surface area contributed by atoms with Crippen LogP contribution in [0.1, 0.15) is 15.9 Å². The molecule has 144 valence electrons. The molecule has 1 atom stereocenters. The zero-order valence-corrected chi connectivity index (χ0v) is 15.5. The molecule has 3 rings (SSSR count). The maximum atomic E-state index is 12.6. The van der Waals surface area contributed by atoms with Gasteiger partial charge in [0.05, 0.1) is 10.6 Å². The largest absolute Gasteiger partial charge is 0.454 e. The first-order chi connectivity index (χ1) is 13.5. The summed E-state index contributed by atoms with van der Waals surface area (Å²) in [6.45, 7) is -0.564. The topological polar surface area (TPSA) is 114 Å². The number of nitrogens with two attached hydrogens (primary N) is 1. The number of amides is 2. The number of primary amides is 1. The molecule has 0 unspecified atom stereocenters. The monoisotopic (exact) mass is 399 g/mol. The number of aromatic nitrogens is 1. The molecule has 0 saturated carbocycles. The van der Waals surface area contributed by atoms with Gasteiger partial charge in [0.2, 0.25) is 0 Å². The predicted octanol–water partition coefficient (Wildman–Crippen LogP) is 2.19. The van der Waals surface area contributed by atoms with Crippen molar-refractivity contribution in [1.82, 2.24) is 10.3 Å². The van der Waals surface area contributed by atoms with Gasteiger partial charge in [-0.25, -0.2) is 4.79 Å². The van der Waals surface area contributed by atoms with Crippen LogP contribution in [0.2, 0.25) is 5.02 Å². The molecule has 1 aromatic heterocycles. The fraction of sp³-hybridized carbons (Fsp3) is 0.150. The third kappa shape index (κ3) is 4.50. The SMILES string of the molecule is NC(=O)COC(=O)[C@H](Cc1c[nH]c2ccccc12)NC(=O)c1ccccc1Cl. The molecule has 0 bridgehead atoms. The quantitative estimate of drug-likeness (QED) is 0.528. The van der Waals surface area contributed by atoms with Gasteiger partial charge in [-0.2, -0.15) is 0 Å². The van der Waals surface area contributed by atoms with E-state index in [0.717, 1.165) is 16.5 Å². The van der Waals surface area contributed by atoms with Crippen molar-refractivity contribution >= 4 is 40.3 Å². The Kier molecular flexibility index (Phi) is 5.96. The van der Waals surface area contributed by atoms with Crippen LogP contribution in [0.25, 0.3) is 10.9 Å². The third-order valence-electron chi connectivity index (χ3n) is 4.16. The predicted molar refractivity (Wildman–Crippen MR) is 105 cm³/mol. The molecule has 0 saturated heterocycles. The Morgan fingerprint density at radius 3 is 2.57 bits per heavy atom. The zero-order chi connectivity index (χ0) is 20.1. The first kappa shape index (κ1) is 19.4. The van der Waals surface area contributed by atoms with E-state index in [4.69, 9.17) is 22.1 Å². The summed E-state index contributed by atoms with van der Waals surface area (Å²) in [6, 6.07) is 13.0. The smallest absolute Gasteiger partial charge is 0.329 e. The van der Waals surface area contributed by atoms with Gasteiger partial charge in [0.1, 0.15) is 6.04 Å². The molecule has 2 amide bonds. The molecule has 0 spiro atoms. The van der Waals surface area contributed by atoms with E-state index in [9.17, 15) is 14.4 Å². The lowest BCUT2D eigenvalue weighted by atomic mass is 10.0. The molecule has 2 aromatic carbocycles. The molecule has 4 N–H and O–H groups in total. The third-order valence-corrected chi connectivity index (χ3v) is 4.49. The van der Waals surface area contributed by atoms with E-state index in [1.807, 2.05) is 24.3 Å². The summed E-state index contributed by atoms with van der Waals surface area (Å²) in [4.78, 5) is 39.1. The molecule has 28 heavy (non-hydrogen) atoms. The van der Waals surface area contributed by atoms with Crippen molar-refractivity contribution in [3.8, 4) is 0 Å². The number of carbonyl (C=O) groups is 3. The van der Waals surface area contributed by atoms with Crippen LogP contribution in [0.4, 0.5) is 0 Å². The Hall–Kier alpha value is -3.32. The van der Waals surface area contributed by atoms with Gasteiger partial charge in [0.15, 0.2) is 6.61 Å². The summed E-state index contributed by atoms with van der Waals surface area (Å²) in [5, 5.41) is 3.82. The van der Waals surface area contributed by atoms with Gasteiger partial charge in [-0.15, -0.1) is 0 Å². The highest BCUT2D eigenvalue weighted by Gasteiger charge is 2.25. The molecule has 7 nitrogen and oxygen atoms in total. The van der Waals surface area contributed by atoms with Crippen molar-refractivity contribution in [3.63, 3.8) is 0 Å². The number of carbonyl (C=O) groups excluding carboxylic acids is 3. The number of esters is 1. The van der Waals surface area contributed by atoms with E-state index in [0.29, 0.717) is 0 Å². The summed E-state index contributed by atoms with van der Waals surface area (Å²) in [5.41, 5.74) is 6.99. The summed E-state index contributed by atoms with van der Waals surface area (Å²) in [5.74, 6) is -2.06. The molecule has 0 aliphatic carbocycles. The molecule has 0 radical (unpaired) electrons. The van der Waals surface area contributed by atoms with E-state index in [1.54, 1.807) is 30.5 Å². The fourth-order valence-corrected chi connectivity index (χ4v) is 3.06. The van der Waals surface area contributed by atoms with Gasteiger partial charge < -0.3 is 20.8 Å². The van der Waals surface area contributed by atoms with E-state index in [1.165, 1.54) is 0 Å². The van der Waals surface area contributed by atoms with Crippen LogP contribution in [0, 0.1) is 0 Å². The van der Waals surface area contributed by atoms with Crippen molar-refractivity contribution in [3.05, 3.63) is 70.9 Å². The molecule has 0 aliphatic heterocycles. The van der Waals surface area contributed by atoms with Crippen LogP contribution in [0.5, 0.6) is 0 Å². The Bertz CT molecular complexity index is 1030. The van der Waals surface area contributed by atoms with Gasteiger partial charge in [0.25, 0.3) is 11.8 Å². The second-order valence-electron chi connectivity index (χ2n) is 6.14. The molecular formula is C20H18ClN3O4. The molecule has 0 aliphatic rings. The van der Waals surface area contributed by atoms with Crippen molar-refractivity contribution < 1.29 is 19.1 Å². The van der Waals surface area contributed by atoms with Gasteiger partial charge >= 0.3 is 5.97 Å². The minimum Gasteiger partial charge on any atom is -0.454 e. The van der Waals surface area contributed by atoms with Crippen LogP contribution in [-0.4, -0.2) is 35.4 Å². The van der Waals surface area contributed by atoms with Crippen LogP contribution >= 0.6 is 11.6 Å². The van der Waals surface area contributed by atoms with Crippen molar-refractivity contribution in [1.29, 1.82) is 0 Å². The summed E-state index contributed by atoms with van der Waals surface area (Å²) < 4.78 is 4.92. The number of benzene rings is 2. The Balaban J connectivity index is 1.84. The van der Waals surface area contributed by atoms with E-state index < -0.39 is 30.4 Å². The van der Waals surface area contributed by atoms with Gasteiger partial charge in [0, 0.05) is 23.5 Å². The lowest BCUT2D eigenvalue weighted by Gasteiger charge is -2.17. The average Bonchev–Trinajstić information content (AvgIpc) is 3.09.